The molecule has 2 rings (SSSR count). The fourth-order valence-corrected chi connectivity index (χ4v) is 1.50. The first-order valence-corrected chi connectivity index (χ1v) is 5.67. The zero-order valence-electron chi connectivity index (χ0n) is 8.80. The number of nitriles is 1. The third-order valence-corrected chi connectivity index (χ3v) is 2.56. The van der Waals surface area contributed by atoms with Crippen LogP contribution in [-0.4, -0.2) is 9.97 Å². The largest absolute Gasteiger partial charge is 0.487 e. The number of ether oxygens (including phenoxy) is 1. The molecule has 0 bridgehead atoms. The zero-order valence-corrected chi connectivity index (χ0v) is 10.4. The van der Waals surface area contributed by atoms with Gasteiger partial charge >= 0.3 is 0 Å². The van der Waals surface area contributed by atoms with Gasteiger partial charge in [0.1, 0.15) is 28.7 Å². The van der Waals surface area contributed by atoms with E-state index in [1.54, 1.807) is 30.6 Å². The predicted molar refractivity (Wildman–Crippen MR) is 65.2 cm³/mol. The van der Waals surface area contributed by atoms with E-state index < -0.39 is 0 Å². The fraction of sp³-hybridized carbons (Fsp3) is 0.0833. The average molecular weight is 290 g/mol. The summed E-state index contributed by atoms with van der Waals surface area (Å²) in [4.78, 5) is 8.00. The quantitative estimate of drug-likeness (QED) is 0.815. The maximum Gasteiger partial charge on any atom is 0.147 e. The minimum atomic E-state index is 0.306. The second-order valence-electron chi connectivity index (χ2n) is 3.23. The van der Waals surface area contributed by atoms with Crippen molar-refractivity contribution in [1.82, 2.24) is 9.97 Å². The first-order valence-electron chi connectivity index (χ1n) is 4.88. The zero-order chi connectivity index (χ0) is 12.1. The van der Waals surface area contributed by atoms with E-state index >= 15 is 0 Å². The van der Waals surface area contributed by atoms with Crippen molar-refractivity contribution in [2.45, 2.75) is 6.61 Å². The van der Waals surface area contributed by atoms with Crippen molar-refractivity contribution < 1.29 is 4.74 Å². The normalized spacial score (nSPS) is 9.65. The number of hydrogen-bond donors (Lipinski definition) is 0. The van der Waals surface area contributed by atoms with Crippen LogP contribution in [0.25, 0.3) is 0 Å². The average Bonchev–Trinajstić information content (AvgIpc) is 2.38. The highest BCUT2D eigenvalue weighted by atomic mass is 79.9. The van der Waals surface area contributed by atoms with Gasteiger partial charge in [-0.2, -0.15) is 5.26 Å². The summed E-state index contributed by atoms with van der Waals surface area (Å²) < 4.78 is 6.27. The van der Waals surface area contributed by atoms with Gasteiger partial charge in [-0.05, 0) is 34.1 Å². The molecule has 0 aliphatic heterocycles. The molecule has 0 aliphatic rings. The summed E-state index contributed by atoms with van der Waals surface area (Å²) in [6, 6.07) is 9.22. The van der Waals surface area contributed by atoms with E-state index in [1.807, 2.05) is 12.1 Å². The van der Waals surface area contributed by atoms with Crippen molar-refractivity contribution >= 4 is 15.9 Å². The maximum absolute atomic E-state index is 8.87. The molecule has 0 aliphatic carbocycles. The Bertz CT molecular complexity index is 548. The van der Waals surface area contributed by atoms with Crippen LogP contribution in [0.3, 0.4) is 0 Å². The Hall–Kier alpha value is -1.93. The van der Waals surface area contributed by atoms with E-state index in [1.165, 1.54) is 0 Å². The Morgan fingerprint density at radius 2 is 2.18 bits per heavy atom. The molecule has 0 N–H and O–H groups in total. The molecule has 2 aromatic rings. The molecule has 0 atom stereocenters. The van der Waals surface area contributed by atoms with Crippen molar-refractivity contribution in [3.05, 3.63) is 52.5 Å². The van der Waals surface area contributed by atoms with Crippen molar-refractivity contribution in [3.8, 4) is 11.8 Å². The van der Waals surface area contributed by atoms with Crippen LogP contribution in [0.2, 0.25) is 0 Å². The van der Waals surface area contributed by atoms with Crippen LogP contribution in [0.1, 0.15) is 11.3 Å². The van der Waals surface area contributed by atoms with Gasteiger partial charge in [0, 0.05) is 11.8 Å². The Kier molecular flexibility index (Phi) is 3.68. The van der Waals surface area contributed by atoms with Gasteiger partial charge in [-0.1, -0.05) is 6.07 Å². The van der Waals surface area contributed by atoms with Gasteiger partial charge in [0.05, 0.1) is 6.20 Å². The molecule has 0 saturated heterocycles. The van der Waals surface area contributed by atoms with E-state index in [-0.39, 0.29) is 0 Å². The molecule has 0 amide bonds. The third-order valence-electron chi connectivity index (χ3n) is 2.09. The van der Waals surface area contributed by atoms with Gasteiger partial charge in [-0.15, -0.1) is 0 Å². The molecule has 0 saturated carbocycles. The number of halogens is 1. The van der Waals surface area contributed by atoms with Gasteiger partial charge in [0.2, 0.25) is 0 Å². The summed E-state index contributed by atoms with van der Waals surface area (Å²) in [5, 5.41) is 8.87. The molecule has 84 valence electrons. The summed E-state index contributed by atoms with van der Waals surface area (Å²) in [5.41, 5.74) is 1.15. The lowest BCUT2D eigenvalue weighted by Gasteiger charge is -2.06. The SMILES string of the molecule is N#Cc1ncccc1COc1ccc(Br)nc1. The number of pyridine rings is 2. The standard InChI is InChI=1S/C12H8BrN3O/c13-12-4-3-10(7-16-12)17-8-9-2-1-5-15-11(9)6-14/h1-5,7H,8H2. The van der Waals surface area contributed by atoms with Crippen molar-refractivity contribution in [2.24, 2.45) is 0 Å². The maximum atomic E-state index is 8.87. The van der Waals surface area contributed by atoms with Crippen LogP contribution < -0.4 is 4.74 Å². The predicted octanol–water partition coefficient (Wildman–Crippen LogP) is 2.69. The molecule has 2 aromatic heterocycles. The Morgan fingerprint density at radius 1 is 1.29 bits per heavy atom. The van der Waals surface area contributed by atoms with Crippen LogP contribution >= 0.6 is 15.9 Å². The lowest BCUT2D eigenvalue weighted by atomic mass is 10.2. The molecule has 5 heteroatoms. The molecule has 0 fully saturated rings. The minimum absolute atomic E-state index is 0.306. The summed E-state index contributed by atoms with van der Waals surface area (Å²) in [6.07, 6.45) is 3.20. The lowest BCUT2D eigenvalue weighted by molar-refractivity contribution is 0.304. The Morgan fingerprint density at radius 3 is 2.88 bits per heavy atom. The van der Waals surface area contributed by atoms with Crippen LogP contribution in [0.5, 0.6) is 5.75 Å². The molecule has 0 unspecified atom stereocenters. The minimum Gasteiger partial charge on any atom is -0.487 e. The molecule has 0 spiro atoms. The number of rotatable bonds is 3. The van der Waals surface area contributed by atoms with E-state index in [9.17, 15) is 0 Å². The summed E-state index contributed by atoms with van der Waals surface area (Å²) >= 11 is 3.24. The monoisotopic (exact) mass is 289 g/mol. The smallest absolute Gasteiger partial charge is 0.147 e. The number of hydrogen-bond acceptors (Lipinski definition) is 4. The highest BCUT2D eigenvalue weighted by molar-refractivity contribution is 9.10. The molecular formula is C12H8BrN3O. The van der Waals surface area contributed by atoms with E-state index in [0.717, 1.165) is 10.2 Å². The molecule has 2 heterocycles. The van der Waals surface area contributed by atoms with Crippen molar-refractivity contribution in [2.75, 3.05) is 0 Å². The first-order chi connectivity index (χ1) is 8.29. The van der Waals surface area contributed by atoms with Gasteiger partial charge < -0.3 is 4.74 Å². The van der Waals surface area contributed by atoms with E-state index in [4.69, 9.17) is 10.00 Å². The van der Waals surface area contributed by atoms with Crippen molar-refractivity contribution in [1.29, 1.82) is 5.26 Å². The van der Waals surface area contributed by atoms with Crippen molar-refractivity contribution in [3.63, 3.8) is 0 Å². The molecular weight excluding hydrogens is 282 g/mol. The number of nitrogens with zero attached hydrogens (tertiary/aromatic N) is 3. The summed E-state index contributed by atoms with van der Waals surface area (Å²) in [5.74, 6) is 0.654. The van der Waals surface area contributed by atoms with E-state index in [2.05, 4.69) is 25.9 Å². The van der Waals surface area contributed by atoms with Crippen LogP contribution in [-0.2, 0) is 6.61 Å². The lowest BCUT2D eigenvalue weighted by Crippen LogP contribution is -1.99. The van der Waals surface area contributed by atoms with Crippen LogP contribution in [0.4, 0.5) is 0 Å². The Labute approximate surface area is 107 Å². The van der Waals surface area contributed by atoms with Gasteiger partial charge in [0.15, 0.2) is 0 Å². The highest BCUT2D eigenvalue weighted by Crippen LogP contribution is 2.15. The topological polar surface area (TPSA) is 58.8 Å². The number of aromatic nitrogens is 2. The fourth-order valence-electron chi connectivity index (χ4n) is 1.26. The van der Waals surface area contributed by atoms with Gasteiger partial charge in [-0.3, -0.25) is 0 Å². The summed E-state index contributed by atoms with van der Waals surface area (Å²) in [6.45, 7) is 0.306. The van der Waals surface area contributed by atoms with E-state index in [0.29, 0.717) is 18.1 Å². The summed E-state index contributed by atoms with van der Waals surface area (Å²) in [7, 11) is 0. The Balaban J connectivity index is 2.08. The molecule has 0 aromatic carbocycles. The second-order valence-corrected chi connectivity index (χ2v) is 4.04. The second kappa shape index (κ2) is 5.41. The first kappa shape index (κ1) is 11.6. The molecule has 0 radical (unpaired) electrons. The van der Waals surface area contributed by atoms with Crippen LogP contribution in [0.15, 0.2) is 41.3 Å². The van der Waals surface area contributed by atoms with Crippen LogP contribution in [0, 0.1) is 11.3 Å². The molecule has 4 nitrogen and oxygen atoms in total. The van der Waals surface area contributed by atoms with Gasteiger partial charge in [-0.25, -0.2) is 9.97 Å². The van der Waals surface area contributed by atoms with Gasteiger partial charge in [0.25, 0.3) is 0 Å². The molecule has 17 heavy (non-hydrogen) atoms. The third kappa shape index (κ3) is 3.02. The highest BCUT2D eigenvalue weighted by Gasteiger charge is 2.03.